The van der Waals surface area contributed by atoms with Gasteiger partial charge in [0, 0.05) is 51.1 Å². The van der Waals surface area contributed by atoms with Crippen LogP contribution >= 0.6 is 0 Å². The van der Waals surface area contributed by atoms with E-state index in [9.17, 15) is 22.0 Å². The molecule has 0 bridgehead atoms. The number of carbonyl (C=O) groups is 1. The third-order valence-corrected chi connectivity index (χ3v) is 8.71. The van der Waals surface area contributed by atoms with Crippen molar-refractivity contribution in [3.8, 4) is 5.75 Å². The van der Waals surface area contributed by atoms with Gasteiger partial charge in [0.1, 0.15) is 17.4 Å². The van der Waals surface area contributed by atoms with Gasteiger partial charge in [-0.1, -0.05) is 24.3 Å². The molecule has 35 heavy (non-hydrogen) atoms. The van der Waals surface area contributed by atoms with E-state index in [1.165, 1.54) is 0 Å². The molecule has 0 aromatic heterocycles. The minimum absolute atomic E-state index is 0.0601. The molecule has 0 spiro atoms. The fourth-order valence-corrected chi connectivity index (χ4v) is 6.48. The van der Waals surface area contributed by atoms with Crippen LogP contribution in [0.4, 0.5) is 8.78 Å². The number of ether oxygens (including phenoxy) is 1. The molecule has 2 aliphatic heterocycles. The van der Waals surface area contributed by atoms with Crippen LogP contribution in [0.5, 0.6) is 5.75 Å². The first-order valence-electron chi connectivity index (χ1n) is 11.8. The molecule has 0 saturated carbocycles. The Bertz CT molecular complexity index is 1120. The normalized spacial score (nSPS) is 22.2. The van der Waals surface area contributed by atoms with E-state index in [2.05, 4.69) is 4.90 Å². The minimum atomic E-state index is -4.45. The molecule has 1 amide bonds. The van der Waals surface area contributed by atoms with Crippen molar-refractivity contribution in [2.75, 3.05) is 52.9 Å². The number of hydrogen-bond donors (Lipinski definition) is 0. The highest BCUT2D eigenvalue weighted by Gasteiger charge is 2.44. The molecule has 2 aliphatic rings. The Balaban J connectivity index is 1.60. The first-order valence-corrected chi connectivity index (χ1v) is 13.2. The van der Waals surface area contributed by atoms with E-state index in [1.54, 1.807) is 17.0 Å². The van der Waals surface area contributed by atoms with Gasteiger partial charge >= 0.3 is 0 Å². The van der Waals surface area contributed by atoms with Crippen LogP contribution < -0.4 is 4.74 Å². The number of piperidine rings is 1. The van der Waals surface area contributed by atoms with E-state index in [0.29, 0.717) is 31.7 Å². The van der Waals surface area contributed by atoms with Crippen molar-refractivity contribution in [1.29, 1.82) is 0 Å². The fraction of sp³-hybridized carbons (Fsp3) is 0.480. The Labute approximate surface area is 205 Å². The number of piperazine rings is 1. The zero-order chi connectivity index (χ0) is 25.1. The van der Waals surface area contributed by atoms with Gasteiger partial charge in [-0.15, -0.1) is 0 Å². The van der Waals surface area contributed by atoms with Gasteiger partial charge in [-0.25, -0.2) is 17.2 Å². The Morgan fingerprint density at radius 2 is 1.63 bits per heavy atom. The van der Waals surface area contributed by atoms with Gasteiger partial charge in [0.2, 0.25) is 15.9 Å². The number of benzene rings is 2. The third kappa shape index (κ3) is 5.82. The molecule has 2 aromatic rings. The van der Waals surface area contributed by atoms with Crippen LogP contribution in [0.2, 0.25) is 0 Å². The summed E-state index contributed by atoms with van der Waals surface area (Å²) in [6.45, 7) is 2.92. The fourth-order valence-electron chi connectivity index (χ4n) is 4.78. The summed E-state index contributed by atoms with van der Waals surface area (Å²) >= 11 is 0. The van der Waals surface area contributed by atoms with Crippen molar-refractivity contribution >= 4 is 15.9 Å². The van der Waals surface area contributed by atoms with Crippen molar-refractivity contribution in [3.05, 3.63) is 60.2 Å². The predicted octanol–water partition coefficient (Wildman–Crippen LogP) is 2.98. The first kappa shape index (κ1) is 25.5. The summed E-state index contributed by atoms with van der Waals surface area (Å²) in [6.07, 6.45) is 1.10. The maximum absolute atomic E-state index is 14.4. The predicted molar refractivity (Wildman–Crippen MR) is 127 cm³/mol. The summed E-state index contributed by atoms with van der Waals surface area (Å²) < 4.78 is 62.6. The van der Waals surface area contributed by atoms with E-state index in [1.807, 2.05) is 25.2 Å². The number of sulfonamides is 1. The number of nitrogens with zero attached hydrogens (tertiary/aromatic N) is 3. The van der Waals surface area contributed by atoms with Crippen LogP contribution in [0.15, 0.2) is 53.4 Å². The number of halogens is 2. The highest BCUT2D eigenvalue weighted by Crippen LogP contribution is 2.38. The molecule has 0 aliphatic carbocycles. The molecule has 190 valence electrons. The third-order valence-electron chi connectivity index (χ3n) is 6.81. The van der Waals surface area contributed by atoms with E-state index in [4.69, 9.17) is 4.74 Å². The maximum Gasteiger partial charge on any atom is 0.248 e. The standard InChI is InChI=1S/C25H31F2N3O4S/c1-28-13-15-29(16-14-28)23(31)17-25(19-34-20-7-3-2-4-8-20)11-6-12-30(18-25)35(32,33)24-21(26)9-5-10-22(24)27/h2-5,7-10H,6,11-19H2,1H3. The van der Waals surface area contributed by atoms with Gasteiger partial charge in [-0.3, -0.25) is 4.79 Å². The number of amides is 1. The highest BCUT2D eigenvalue weighted by molar-refractivity contribution is 7.89. The Hall–Kier alpha value is -2.56. The average Bonchev–Trinajstić information content (AvgIpc) is 2.84. The summed E-state index contributed by atoms with van der Waals surface area (Å²) in [7, 11) is -2.45. The lowest BCUT2D eigenvalue weighted by atomic mass is 9.78. The van der Waals surface area contributed by atoms with E-state index in [0.717, 1.165) is 35.6 Å². The topological polar surface area (TPSA) is 70.2 Å². The van der Waals surface area contributed by atoms with Crippen molar-refractivity contribution < 1.29 is 26.7 Å². The van der Waals surface area contributed by atoms with Crippen molar-refractivity contribution in [3.63, 3.8) is 0 Å². The van der Waals surface area contributed by atoms with E-state index >= 15 is 0 Å². The molecule has 0 N–H and O–H groups in total. The molecule has 7 nitrogen and oxygen atoms in total. The first-order chi connectivity index (χ1) is 16.7. The molecular weight excluding hydrogens is 476 g/mol. The number of carbonyl (C=O) groups excluding carboxylic acids is 1. The Morgan fingerprint density at radius 3 is 2.29 bits per heavy atom. The average molecular weight is 508 g/mol. The SMILES string of the molecule is CN1CCN(C(=O)CC2(COc3ccccc3)CCCN(S(=O)(=O)c3c(F)cccc3F)C2)CC1. The Kier molecular flexibility index (Phi) is 7.73. The summed E-state index contributed by atoms with van der Waals surface area (Å²) in [6, 6.07) is 12.1. The summed E-state index contributed by atoms with van der Waals surface area (Å²) in [5.74, 6) is -1.71. The second-order valence-electron chi connectivity index (χ2n) is 9.46. The number of hydrogen-bond acceptors (Lipinski definition) is 5. The quantitative estimate of drug-likeness (QED) is 0.577. The van der Waals surface area contributed by atoms with Crippen molar-refractivity contribution in [2.24, 2.45) is 5.41 Å². The smallest absolute Gasteiger partial charge is 0.248 e. The summed E-state index contributed by atoms with van der Waals surface area (Å²) in [5, 5.41) is 0. The number of likely N-dealkylation sites (N-methyl/N-ethyl adjacent to an activating group) is 1. The number of rotatable bonds is 7. The lowest BCUT2D eigenvalue weighted by Crippen LogP contribution is -2.53. The molecule has 2 saturated heterocycles. The lowest BCUT2D eigenvalue weighted by molar-refractivity contribution is -0.136. The second kappa shape index (κ2) is 10.6. The Morgan fingerprint density at radius 1 is 0.971 bits per heavy atom. The largest absolute Gasteiger partial charge is 0.493 e. The van der Waals surface area contributed by atoms with Gasteiger partial charge in [0.15, 0.2) is 4.90 Å². The number of para-hydroxylation sites is 1. The molecule has 2 fully saturated rings. The van der Waals surface area contributed by atoms with E-state index < -0.39 is 32.0 Å². The summed E-state index contributed by atoms with van der Waals surface area (Å²) in [5.41, 5.74) is -0.830. The molecule has 1 unspecified atom stereocenters. The zero-order valence-corrected chi connectivity index (χ0v) is 20.6. The second-order valence-corrected chi connectivity index (χ2v) is 11.3. The molecule has 4 rings (SSSR count). The summed E-state index contributed by atoms with van der Waals surface area (Å²) in [4.78, 5) is 16.3. The molecule has 1 atom stereocenters. The van der Waals surface area contributed by atoms with Crippen molar-refractivity contribution in [1.82, 2.24) is 14.1 Å². The maximum atomic E-state index is 14.4. The van der Waals surface area contributed by atoms with Crippen LogP contribution in [0.1, 0.15) is 19.3 Å². The monoisotopic (exact) mass is 507 g/mol. The van der Waals surface area contributed by atoms with Crippen molar-refractivity contribution in [2.45, 2.75) is 24.2 Å². The highest BCUT2D eigenvalue weighted by atomic mass is 32.2. The molecule has 2 aromatic carbocycles. The zero-order valence-electron chi connectivity index (χ0n) is 19.8. The lowest BCUT2D eigenvalue weighted by Gasteiger charge is -2.43. The van der Waals surface area contributed by atoms with Gasteiger partial charge in [-0.2, -0.15) is 4.31 Å². The van der Waals surface area contributed by atoms with Crippen LogP contribution in [0.3, 0.4) is 0 Å². The molecule has 10 heteroatoms. The van der Waals surface area contributed by atoms with Crippen LogP contribution in [-0.4, -0.2) is 81.4 Å². The van der Waals surface area contributed by atoms with E-state index in [-0.39, 0.29) is 32.0 Å². The van der Waals surface area contributed by atoms with Crippen LogP contribution in [-0.2, 0) is 14.8 Å². The van der Waals surface area contributed by atoms with Gasteiger partial charge in [-0.05, 0) is 44.2 Å². The van der Waals surface area contributed by atoms with Crippen LogP contribution in [0, 0.1) is 17.0 Å². The van der Waals surface area contributed by atoms with Gasteiger partial charge in [0.05, 0.1) is 6.61 Å². The van der Waals surface area contributed by atoms with Gasteiger partial charge < -0.3 is 14.5 Å². The molecule has 0 radical (unpaired) electrons. The van der Waals surface area contributed by atoms with Gasteiger partial charge in [0.25, 0.3) is 0 Å². The molecular formula is C25H31F2N3O4S. The van der Waals surface area contributed by atoms with Crippen LogP contribution in [0.25, 0.3) is 0 Å². The minimum Gasteiger partial charge on any atom is -0.493 e. The molecule has 2 heterocycles.